The van der Waals surface area contributed by atoms with Gasteiger partial charge in [0.2, 0.25) is 0 Å². The molecule has 9 nitrogen and oxygen atoms in total. The first-order valence-corrected chi connectivity index (χ1v) is 11.3. The number of halogens is 1. The molecule has 0 fully saturated rings. The molecule has 10 heteroatoms. The Morgan fingerprint density at radius 1 is 1.09 bits per heavy atom. The molecule has 2 amide bonds. The number of carbonyl (C=O) groups excluding carboxylic acids is 2. The number of ether oxygens (including phenoxy) is 2. The van der Waals surface area contributed by atoms with Crippen molar-refractivity contribution in [2.24, 2.45) is 0 Å². The van der Waals surface area contributed by atoms with E-state index < -0.39 is 0 Å². The first kappa shape index (κ1) is 24.3. The Kier molecular flexibility index (Phi) is 8.04. The number of nitrogens with one attached hydrogen (secondary N) is 3. The number of anilines is 1. The molecule has 35 heavy (non-hydrogen) atoms. The molecule has 0 aliphatic carbocycles. The summed E-state index contributed by atoms with van der Waals surface area (Å²) in [5.41, 5.74) is 3.25. The molecule has 2 aromatic carbocycles. The average Bonchev–Trinajstić information content (AvgIpc) is 3.30. The number of benzene rings is 2. The van der Waals surface area contributed by atoms with Gasteiger partial charge in [0.15, 0.2) is 5.65 Å². The topological polar surface area (TPSA) is 118 Å². The zero-order valence-corrected chi connectivity index (χ0v) is 19.8. The summed E-state index contributed by atoms with van der Waals surface area (Å²) < 4.78 is 10.0. The van der Waals surface area contributed by atoms with E-state index >= 15 is 0 Å². The zero-order chi connectivity index (χ0) is 24.6. The van der Waals surface area contributed by atoms with E-state index in [0.29, 0.717) is 58.4 Å². The lowest BCUT2D eigenvalue weighted by Gasteiger charge is -2.07. The molecule has 0 unspecified atom stereocenters. The van der Waals surface area contributed by atoms with E-state index in [0.717, 1.165) is 5.56 Å². The van der Waals surface area contributed by atoms with Gasteiger partial charge >= 0.3 is 0 Å². The van der Waals surface area contributed by atoms with E-state index in [4.69, 9.17) is 21.1 Å². The maximum atomic E-state index is 12.5. The van der Waals surface area contributed by atoms with Gasteiger partial charge in [0.25, 0.3) is 11.8 Å². The second kappa shape index (κ2) is 11.6. The Bertz CT molecular complexity index is 1340. The van der Waals surface area contributed by atoms with Crippen molar-refractivity contribution in [3.63, 3.8) is 0 Å². The highest BCUT2D eigenvalue weighted by Crippen LogP contribution is 2.23. The highest BCUT2D eigenvalue weighted by molar-refractivity contribution is 6.34. The summed E-state index contributed by atoms with van der Waals surface area (Å²) in [6, 6.07) is 15.7. The molecule has 0 saturated carbocycles. The van der Waals surface area contributed by atoms with Crippen LogP contribution in [0.25, 0.3) is 22.6 Å². The standard InChI is InChI=1S/C25H24ClN5O4/c1-34-15-35-11-5-10-27-24(32)17-7-4-6-16(12-17)22-30-21-13-18(14-28-23(21)31-22)29-25(33)19-8-2-3-9-20(19)26/h2-4,6-9,12-14H,5,10-11,15H2,1H3,(H,27,32)(H,29,33)(H,28,30,31). The highest BCUT2D eigenvalue weighted by Gasteiger charge is 2.13. The van der Waals surface area contributed by atoms with Crippen molar-refractivity contribution in [2.45, 2.75) is 6.42 Å². The van der Waals surface area contributed by atoms with Gasteiger partial charge in [-0.3, -0.25) is 9.59 Å². The van der Waals surface area contributed by atoms with Crippen molar-refractivity contribution in [1.82, 2.24) is 20.3 Å². The largest absolute Gasteiger partial charge is 0.359 e. The number of pyridine rings is 1. The van der Waals surface area contributed by atoms with Crippen LogP contribution in [-0.4, -0.2) is 53.8 Å². The Morgan fingerprint density at radius 3 is 2.77 bits per heavy atom. The average molecular weight is 494 g/mol. The van der Waals surface area contributed by atoms with Crippen molar-refractivity contribution in [3.05, 3.63) is 76.9 Å². The lowest BCUT2D eigenvalue weighted by Crippen LogP contribution is -2.25. The number of hydrogen-bond acceptors (Lipinski definition) is 6. The summed E-state index contributed by atoms with van der Waals surface area (Å²) in [6.07, 6.45) is 2.21. The lowest BCUT2D eigenvalue weighted by atomic mass is 10.1. The summed E-state index contributed by atoms with van der Waals surface area (Å²) >= 11 is 6.11. The fraction of sp³-hybridized carbons (Fsp3) is 0.200. The molecule has 0 aliphatic heterocycles. The number of nitrogens with zero attached hydrogens (tertiary/aromatic N) is 2. The summed E-state index contributed by atoms with van der Waals surface area (Å²) in [5, 5.41) is 6.04. The molecule has 2 aromatic heterocycles. The molecule has 4 aromatic rings. The number of aromatic nitrogens is 3. The van der Waals surface area contributed by atoms with Crippen LogP contribution in [0.1, 0.15) is 27.1 Å². The summed E-state index contributed by atoms with van der Waals surface area (Å²) in [5.74, 6) is 0.0440. The SMILES string of the molecule is COCOCCCNC(=O)c1cccc(-c2nc3ncc(NC(=O)c4ccccc4Cl)cc3[nH]2)c1. The van der Waals surface area contributed by atoms with E-state index in [1.165, 1.54) is 6.20 Å². The molecule has 4 rings (SSSR count). The van der Waals surface area contributed by atoms with Crippen LogP contribution in [0.5, 0.6) is 0 Å². The highest BCUT2D eigenvalue weighted by atomic mass is 35.5. The fourth-order valence-electron chi connectivity index (χ4n) is 3.38. The van der Waals surface area contributed by atoms with Gasteiger partial charge in [-0.25, -0.2) is 9.97 Å². The van der Waals surface area contributed by atoms with Crippen molar-refractivity contribution >= 4 is 40.3 Å². The molecular weight excluding hydrogens is 470 g/mol. The molecule has 0 radical (unpaired) electrons. The monoisotopic (exact) mass is 493 g/mol. The molecule has 0 bridgehead atoms. The minimum Gasteiger partial charge on any atom is -0.359 e. The molecule has 0 aliphatic rings. The van der Waals surface area contributed by atoms with Gasteiger partial charge in [-0.05, 0) is 36.8 Å². The van der Waals surface area contributed by atoms with E-state index in [2.05, 4.69) is 25.6 Å². The van der Waals surface area contributed by atoms with Crippen LogP contribution < -0.4 is 10.6 Å². The van der Waals surface area contributed by atoms with E-state index in [9.17, 15) is 9.59 Å². The van der Waals surface area contributed by atoms with Crippen molar-refractivity contribution in [2.75, 3.05) is 32.4 Å². The smallest absolute Gasteiger partial charge is 0.257 e. The van der Waals surface area contributed by atoms with Crippen LogP contribution in [0.15, 0.2) is 60.8 Å². The van der Waals surface area contributed by atoms with Crippen LogP contribution in [0.2, 0.25) is 5.02 Å². The number of rotatable bonds is 10. The second-order valence-corrected chi connectivity index (χ2v) is 8.03. The van der Waals surface area contributed by atoms with Gasteiger partial charge in [-0.1, -0.05) is 35.9 Å². The van der Waals surface area contributed by atoms with Crippen molar-refractivity contribution in [1.29, 1.82) is 0 Å². The number of imidazole rings is 1. The van der Waals surface area contributed by atoms with E-state index in [1.807, 2.05) is 6.07 Å². The number of amides is 2. The Balaban J connectivity index is 1.44. The lowest BCUT2D eigenvalue weighted by molar-refractivity contribution is -0.0308. The van der Waals surface area contributed by atoms with Crippen LogP contribution in [-0.2, 0) is 9.47 Å². The number of H-pyrrole nitrogens is 1. The third-order valence-electron chi connectivity index (χ3n) is 5.06. The second-order valence-electron chi connectivity index (χ2n) is 7.62. The number of hydrogen-bond donors (Lipinski definition) is 3. The maximum Gasteiger partial charge on any atom is 0.257 e. The summed E-state index contributed by atoms with van der Waals surface area (Å²) in [6.45, 7) is 1.22. The van der Waals surface area contributed by atoms with Gasteiger partial charge in [-0.15, -0.1) is 0 Å². The Morgan fingerprint density at radius 2 is 1.94 bits per heavy atom. The normalized spacial score (nSPS) is 10.9. The number of carbonyl (C=O) groups is 2. The molecule has 180 valence electrons. The number of methoxy groups -OCH3 is 1. The Hall–Kier alpha value is -3.79. The first-order valence-electron chi connectivity index (χ1n) is 10.9. The minimum atomic E-state index is -0.333. The van der Waals surface area contributed by atoms with Crippen molar-refractivity contribution in [3.8, 4) is 11.4 Å². The van der Waals surface area contributed by atoms with E-state index in [1.54, 1.807) is 55.6 Å². The van der Waals surface area contributed by atoms with Crippen molar-refractivity contribution < 1.29 is 19.1 Å². The molecule has 3 N–H and O–H groups in total. The third kappa shape index (κ3) is 6.21. The molecular formula is C25H24ClN5O4. The predicted octanol–water partition coefficient (Wildman–Crippen LogP) is 4.27. The fourth-order valence-corrected chi connectivity index (χ4v) is 3.60. The van der Waals surface area contributed by atoms with Gasteiger partial charge in [0.1, 0.15) is 12.6 Å². The summed E-state index contributed by atoms with van der Waals surface area (Å²) in [7, 11) is 1.56. The predicted molar refractivity (Wildman–Crippen MR) is 134 cm³/mol. The van der Waals surface area contributed by atoms with Gasteiger partial charge in [-0.2, -0.15) is 0 Å². The minimum absolute atomic E-state index is 0.183. The Labute approximate surface area is 206 Å². The summed E-state index contributed by atoms with van der Waals surface area (Å²) in [4.78, 5) is 37.1. The van der Waals surface area contributed by atoms with Crippen LogP contribution in [0.3, 0.4) is 0 Å². The first-order chi connectivity index (χ1) is 17.0. The van der Waals surface area contributed by atoms with E-state index in [-0.39, 0.29) is 18.6 Å². The number of fused-ring (bicyclic) bond motifs is 1. The molecule has 0 atom stereocenters. The van der Waals surface area contributed by atoms with Crippen LogP contribution in [0, 0.1) is 0 Å². The molecule has 2 heterocycles. The zero-order valence-electron chi connectivity index (χ0n) is 19.0. The quantitative estimate of drug-likeness (QED) is 0.224. The third-order valence-corrected chi connectivity index (χ3v) is 5.39. The molecule has 0 spiro atoms. The van der Waals surface area contributed by atoms with Gasteiger partial charge < -0.3 is 25.1 Å². The van der Waals surface area contributed by atoms with Gasteiger partial charge in [0.05, 0.1) is 34.6 Å². The van der Waals surface area contributed by atoms with Crippen LogP contribution >= 0.6 is 11.6 Å². The van der Waals surface area contributed by atoms with Gasteiger partial charge in [0, 0.05) is 24.8 Å². The van der Waals surface area contributed by atoms with Crippen LogP contribution in [0.4, 0.5) is 5.69 Å². The maximum absolute atomic E-state index is 12.5. The number of aromatic amines is 1. The molecule has 0 saturated heterocycles.